The van der Waals surface area contributed by atoms with Crippen molar-refractivity contribution in [1.29, 1.82) is 0 Å². The van der Waals surface area contributed by atoms with Gasteiger partial charge < -0.3 is 14.4 Å². The lowest BCUT2D eigenvalue weighted by Crippen LogP contribution is -2.33. The summed E-state index contributed by atoms with van der Waals surface area (Å²) in [6.07, 6.45) is -3.03. The first-order valence-electron chi connectivity index (χ1n) is 8.32. The molecule has 0 fully saturated rings. The van der Waals surface area contributed by atoms with Gasteiger partial charge in [0.1, 0.15) is 5.52 Å². The minimum Gasteiger partial charge on any atom is -0.449 e. The van der Waals surface area contributed by atoms with E-state index in [0.717, 1.165) is 12.1 Å². The first-order chi connectivity index (χ1) is 12.9. The highest BCUT2D eigenvalue weighted by Gasteiger charge is 2.32. The van der Waals surface area contributed by atoms with Crippen molar-refractivity contribution in [3.05, 3.63) is 53.9 Å². The van der Waals surface area contributed by atoms with Crippen LogP contribution in [-0.2, 0) is 6.18 Å². The molecule has 1 amide bonds. The first kappa shape index (κ1) is 18.9. The van der Waals surface area contributed by atoms with E-state index < -0.39 is 17.6 Å². The van der Waals surface area contributed by atoms with Crippen molar-refractivity contribution in [1.82, 2.24) is 9.88 Å². The van der Waals surface area contributed by atoms with Crippen LogP contribution < -0.4 is 0 Å². The number of hydrogen-bond donors (Lipinski definition) is 1. The van der Waals surface area contributed by atoms with E-state index in [1.165, 1.54) is 23.2 Å². The van der Waals surface area contributed by atoms with Gasteiger partial charge in [-0.05, 0) is 36.8 Å². The minimum absolute atomic E-state index is 0.0852. The third kappa shape index (κ3) is 3.66. The third-order valence-electron chi connectivity index (χ3n) is 4.16. The average molecular weight is 378 g/mol. The standard InChI is InChI=1S/C19H17F3N2O3/c1-2-24(9-10-25)18(26)17-15(16-14(27-17)7-4-8-23-16)12-5-3-6-13(11-12)19(20,21)22/h3-8,11,25H,2,9-10H2,1H3. The van der Waals surface area contributed by atoms with Gasteiger partial charge in [-0.15, -0.1) is 0 Å². The van der Waals surface area contributed by atoms with E-state index in [1.54, 1.807) is 19.1 Å². The topological polar surface area (TPSA) is 66.6 Å². The lowest BCUT2D eigenvalue weighted by molar-refractivity contribution is -0.137. The van der Waals surface area contributed by atoms with Crippen LogP contribution in [0, 0.1) is 0 Å². The van der Waals surface area contributed by atoms with E-state index >= 15 is 0 Å². The van der Waals surface area contributed by atoms with E-state index in [0.29, 0.717) is 17.6 Å². The molecule has 2 aromatic heterocycles. The van der Waals surface area contributed by atoms with Crippen LogP contribution in [0.3, 0.4) is 0 Å². The lowest BCUT2D eigenvalue weighted by atomic mass is 10.0. The van der Waals surface area contributed by atoms with E-state index in [2.05, 4.69) is 4.98 Å². The van der Waals surface area contributed by atoms with Crippen LogP contribution in [0.25, 0.3) is 22.2 Å². The van der Waals surface area contributed by atoms with Gasteiger partial charge in [0.15, 0.2) is 5.58 Å². The third-order valence-corrected chi connectivity index (χ3v) is 4.16. The molecule has 2 heterocycles. The van der Waals surface area contributed by atoms with Gasteiger partial charge in [-0.1, -0.05) is 12.1 Å². The summed E-state index contributed by atoms with van der Waals surface area (Å²) in [4.78, 5) is 18.4. The summed E-state index contributed by atoms with van der Waals surface area (Å²) in [7, 11) is 0. The Balaban J connectivity index is 2.21. The molecule has 142 valence electrons. The molecule has 0 atom stereocenters. The molecule has 3 rings (SSSR count). The molecule has 0 aliphatic rings. The van der Waals surface area contributed by atoms with Crippen molar-refractivity contribution in [2.45, 2.75) is 13.1 Å². The van der Waals surface area contributed by atoms with Crippen LogP contribution in [0.1, 0.15) is 23.0 Å². The number of nitrogens with zero attached hydrogens (tertiary/aromatic N) is 2. The largest absolute Gasteiger partial charge is 0.449 e. The van der Waals surface area contributed by atoms with Crippen molar-refractivity contribution in [2.24, 2.45) is 0 Å². The molecule has 8 heteroatoms. The summed E-state index contributed by atoms with van der Waals surface area (Å²) in [6.45, 7) is 1.89. The second kappa shape index (κ2) is 7.40. The highest BCUT2D eigenvalue weighted by atomic mass is 19.4. The van der Waals surface area contributed by atoms with Crippen molar-refractivity contribution in [3.63, 3.8) is 0 Å². The first-order valence-corrected chi connectivity index (χ1v) is 8.32. The van der Waals surface area contributed by atoms with Crippen LogP contribution in [0.4, 0.5) is 13.2 Å². The van der Waals surface area contributed by atoms with Crippen molar-refractivity contribution in [2.75, 3.05) is 19.7 Å². The fraction of sp³-hybridized carbons (Fsp3) is 0.263. The van der Waals surface area contributed by atoms with Crippen LogP contribution in [0.2, 0.25) is 0 Å². The van der Waals surface area contributed by atoms with Crippen molar-refractivity contribution < 1.29 is 27.5 Å². The van der Waals surface area contributed by atoms with Gasteiger partial charge in [0.2, 0.25) is 5.76 Å². The SMILES string of the molecule is CCN(CCO)C(=O)c1oc2cccnc2c1-c1cccc(C(F)(F)F)c1. The number of fused-ring (bicyclic) bond motifs is 1. The normalized spacial score (nSPS) is 11.7. The molecule has 0 unspecified atom stereocenters. The highest BCUT2D eigenvalue weighted by molar-refractivity contribution is 6.06. The van der Waals surface area contributed by atoms with Gasteiger partial charge in [0.05, 0.1) is 17.7 Å². The number of furan rings is 1. The molecule has 0 spiro atoms. The maximum atomic E-state index is 13.1. The Morgan fingerprint density at radius 2 is 2.04 bits per heavy atom. The molecule has 0 aliphatic carbocycles. The molecular formula is C19H17F3N2O3. The zero-order valence-electron chi connectivity index (χ0n) is 14.5. The Hall–Kier alpha value is -2.87. The number of carbonyl (C=O) groups excluding carboxylic acids is 1. The summed E-state index contributed by atoms with van der Waals surface area (Å²) in [5.74, 6) is -0.615. The summed E-state index contributed by atoms with van der Waals surface area (Å²) in [5, 5.41) is 9.15. The van der Waals surface area contributed by atoms with Crippen molar-refractivity contribution in [3.8, 4) is 11.1 Å². The molecular weight excluding hydrogens is 361 g/mol. The Labute approximate surface area is 153 Å². The Morgan fingerprint density at radius 3 is 2.70 bits per heavy atom. The second-order valence-corrected chi connectivity index (χ2v) is 5.84. The molecule has 0 saturated carbocycles. The number of likely N-dealkylation sites (N-methyl/N-ethyl adjacent to an activating group) is 1. The molecule has 0 aliphatic heterocycles. The number of carbonyl (C=O) groups is 1. The van der Waals surface area contributed by atoms with E-state index in [4.69, 9.17) is 9.52 Å². The molecule has 5 nitrogen and oxygen atoms in total. The van der Waals surface area contributed by atoms with Crippen molar-refractivity contribution >= 4 is 17.0 Å². The van der Waals surface area contributed by atoms with E-state index in [1.807, 2.05) is 0 Å². The number of aromatic nitrogens is 1. The Kier molecular flexibility index (Phi) is 5.18. The van der Waals surface area contributed by atoms with Gasteiger partial charge in [0.25, 0.3) is 5.91 Å². The quantitative estimate of drug-likeness (QED) is 0.730. The van der Waals surface area contributed by atoms with E-state index in [9.17, 15) is 18.0 Å². The fourth-order valence-corrected chi connectivity index (χ4v) is 2.87. The smallest absolute Gasteiger partial charge is 0.416 e. The molecule has 0 radical (unpaired) electrons. The monoisotopic (exact) mass is 378 g/mol. The fourth-order valence-electron chi connectivity index (χ4n) is 2.87. The van der Waals surface area contributed by atoms with Crippen LogP contribution in [0.5, 0.6) is 0 Å². The van der Waals surface area contributed by atoms with Gasteiger partial charge >= 0.3 is 6.18 Å². The average Bonchev–Trinajstić information content (AvgIpc) is 3.04. The summed E-state index contributed by atoms with van der Waals surface area (Å²) in [6, 6.07) is 7.90. The second-order valence-electron chi connectivity index (χ2n) is 5.84. The van der Waals surface area contributed by atoms with Gasteiger partial charge in [-0.2, -0.15) is 13.2 Å². The summed E-state index contributed by atoms with van der Waals surface area (Å²) >= 11 is 0. The molecule has 27 heavy (non-hydrogen) atoms. The number of aliphatic hydroxyl groups excluding tert-OH is 1. The van der Waals surface area contributed by atoms with Crippen LogP contribution in [-0.4, -0.2) is 40.6 Å². The predicted octanol–water partition coefficient (Wildman–Crippen LogP) is 3.97. The minimum atomic E-state index is -4.51. The zero-order valence-corrected chi connectivity index (χ0v) is 14.5. The molecule has 3 aromatic rings. The molecule has 0 saturated heterocycles. The number of amides is 1. The number of halogens is 3. The maximum Gasteiger partial charge on any atom is 0.416 e. The number of rotatable bonds is 5. The van der Waals surface area contributed by atoms with Gasteiger partial charge in [-0.25, -0.2) is 0 Å². The lowest BCUT2D eigenvalue weighted by Gasteiger charge is -2.19. The highest BCUT2D eigenvalue weighted by Crippen LogP contribution is 2.37. The summed E-state index contributed by atoms with van der Waals surface area (Å²) in [5.41, 5.74) is 0.170. The van der Waals surface area contributed by atoms with E-state index in [-0.39, 0.29) is 30.0 Å². The maximum absolute atomic E-state index is 13.1. The number of hydrogen-bond acceptors (Lipinski definition) is 4. The van der Waals surface area contributed by atoms with Crippen LogP contribution in [0.15, 0.2) is 47.0 Å². The predicted molar refractivity (Wildman–Crippen MR) is 93.1 cm³/mol. The van der Waals surface area contributed by atoms with Gasteiger partial charge in [-0.3, -0.25) is 9.78 Å². The number of pyridine rings is 1. The molecule has 1 N–H and O–H groups in total. The number of aliphatic hydroxyl groups is 1. The zero-order chi connectivity index (χ0) is 19.6. The Bertz CT molecular complexity index is 966. The number of alkyl halides is 3. The Morgan fingerprint density at radius 1 is 1.26 bits per heavy atom. The summed E-state index contributed by atoms with van der Waals surface area (Å²) < 4.78 is 45.0. The van der Waals surface area contributed by atoms with Gasteiger partial charge in [0, 0.05) is 19.3 Å². The number of benzene rings is 1. The molecule has 1 aromatic carbocycles. The molecule has 0 bridgehead atoms. The van der Waals surface area contributed by atoms with Crippen LogP contribution >= 0.6 is 0 Å².